The minimum absolute atomic E-state index is 0.545. The van der Waals surface area contributed by atoms with Crippen LogP contribution in [0.15, 0.2) is 17.6 Å². The lowest BCUT2D eigenvalue weighted by Crippen LogP contribution is -2.11. The molecule has 0 aliphatic heterocycles. The van der Waals surface area contributed by atoms with Gasteiger partial charge in [0.25, 0.3) is 0 Å². The van der Waals surface area contributed by atoms with Gasteiger partial charge >= 0.3 is 0 Å². The molecule has 0 aromatic carbocycles. The normalized spacial score (nSPS) is 11.1. The third-order valence-corrected chi connectivity index (χ3v) is 1.32. The maximum absolute atomic E-state index is 6.64. The quantitative estimate of drug-likeness (QED) is 0.259. The van der Waals surface area contributed by atoms with Gasteiger partial charge in [0.2, 0.25) is 0 Å². The average molecular weight is 153 g/mol. The zero-order chi connectivity index (χ0) is 8.53. The smallest absolute Gasteiger partial charge is 0.109 e. The van der Waals surface area contributed by atoms with E-state index in [1.54, 1.807) is 0 Å². The Bertz CT molecular complexity index is 149. The number of amidine groups is 1. The fraction of sp³-hybridized carbons (Fsp3) is 0.500. The molecule has 0 saturated carbocycles. The summed E-state index contributed by atoms with van der Waals surface area (Å²) in [5, 5.41) is 6.64. The lowest BCUT2D eigenvalue weighted by molar-refractivity contribution is 0.776. The summed E-state index contributed by atoms with van der Waals surface area (Å²) in [5.74, 6) is 0.545. The summed E-state index contributed by atoms with van der Waals surface area (Å²) < 4.78 is 0. The van der Waals surface area contributed by atoms with E-state index in [4.69, 9.17) is 11.1 Å². The van der Waals surface area contributed by atoms with Crippen LogP contribution in [0, 0.1) is 5.41 Å². The molecule has 3 N–H and O–H groups in total. The van der Waals surface area contributed by atoms with Crippen molar-refractivity contribution in [2.45, 2.75) is 25.7 Å². The molecule has 0 fully saturated rings. The number of nitrogens with two attached hydrogens (primary N) is 1. The second kappa shape index (κ2) is 6.99. The molecule has 0 atom stereocenters. The third-order valence-electron chi connectivity index (χ3n) is 1.32. The van der Waals surface area contributed by atoms with Crippen molar-refractivity contribution in [3.63, 3.8) is 0 Å². The van der Waals surface area contributed by atoms with Crippen molar-refractivity contribution in [3.8, 4) is 0 Å². The van der Waals surface area contributed by atoms with Gasteiger partial charge in [-0.05, 0) is 19.3 Å². The lowest BCUT2D eigenvalue weighted by atomic mass is 10.2. The molecule has 0 rings (SSSR count). The van der Waals surface area contributed by atoms with E-state index in [2.05, 4.69) is 11.6 Å². The number of unbranched alkanes of at least 4 members (excludes halogenated alkanes) is 2. The molecule has 0 bridgehead atoms. The first kappa shape index (κ1) is 9.88. The first-order valence-electron chi connectivity index (χ1n) is 3.73. The summed E-state index contributed by atoms with van der Waals surface area (Å²) in [6.45, 7) is 3.62. The van der Waals surface area contributed by atoms with Crippen LogP contribution in [0.4, 0.5) is 0 Å². The van der Waals surface area contributed by atoms with E-state index in [0.29, 0.717) is 5.84 Å². The first-order chi connectivity index (χ1) is 5.31. The van der Waals surface area contributed by atoms with Crippen molar-refractivity contribution in [3.05, 3.63) is 12.7 Å². The topological polar surface area (TPSA) is 62.2 Å². The van der Waals surface area contributed by atoms with E-state index in [1.165, 1.54) is 0 Å². The summed E-state index contributed by atoms with van der Waals surface area (Å²) in [5.41, 5.74) is 5.44. The molecule has 0 heterocycles. The van der Waals surface area contributed by atoms with Crippen LogP contribution in [-0.2, 0) is 0 Å². The molecule has 0 radical (unpaired) electrons. The summed E-state index contributed by atoms with van der Waals surface area (Å²) in [6, 6.07) is 0. The third kappa shape index (κ3) is 6.77. The van der Waals surface area contributed by atoms with E-state index >= 15 is 0 Å². The molecule has 0 aliphatic rings. The summed E-state index contributed by atoms with van der Waals surface area (Å²) in [6.07, 6.45) is 6.79. The van der Waals surface area contributed by atoms with Crippen molar-refractivity contribution in [1.29, 1.82) is 5.41 Å². The van der Waals surface area contributed by atoms with Gasteiger partial charge in [-0.2, -0.15) is 0 Å². The van der Waals surface area contributed by atoms with Gasteiger partial charge in [-0.1, -0.05) is 6.08 Å². The Kier molecular flexibility index (Phi) is 6.28. The van der Waals surface area contributed by atoms with Gasteiger partial charge < -0.3 is 5.73 Å². The Morgan fingerprint density at radius 3 is 2.82 bits per heavy atom. The molecule has 0 aromatic rings. The number of allylic oxidation sites excluding steroid dienone is 1. The standard InChI is InChI=1S/C8H15N3/c1-2-3-4-5-6-8(10)11-7-9/h2,7H,1,3-6H2,(H3,9,10,11). The molecule has 0 saturated heterocycles. The average Bonchev–Trinajstić information content (AvgIpc) is 1.99. The van der Waals surface area contributed by atoms with Crippen molar-refractivity contribution in [1.82, 2.24) is 0 Å². The predicted octanol–water partition coefficient (Wildman–Crippen LogP) is 1.70. The van der Waals surface area contributed by atoms with Crippen molar-refractivity contribution < 1.29 is 0 Å². The van der Waals surface area contributed by atoms with Crippen LogP contribution in [0.3, 0.4) is 0 Å². The Hall–Kier alpha value is -1.12. The Morgan fingerprint density at radius 2 is 2.27 bits per heavy atom. The minimum Gasteiger partial charge on any atom is -0.387 e. The molecule has 62 valence electrons. The zero-order valence-corrected chi connectivity index (χ0v) is 6.71. The minimum atomic E-state index is 0.545. The van der Waals surface area contributed by atoms with E-state index in [1.807, 2.05) is 6.08 Å². The molecule has 0 amide bonds. The molecule has 0 aliphatic carbocycles. The zero-order valence-electron chi connectivity index (χ0n) is 6.71. The highest BCUT2D eigenvalue weighted by atomic mass is 14.9. The number of hydrogen-bond donors (Lipinski definition) is 2. The molecule has 0 unspecified atom stereocenters. The summed E-state index contributed by atoms with van der Waals surface area (Å²) >= 11 is 0. The maximum Gasteiger partial charge on any atom is 0.109 e. The van der Waals surface area contributed by atoms with Gasteiger partial charge in [0.05, 0.1) is 0 Å². The molecule has 3 nitrogen and oxygen atoms in total. The van der Waals surface area contributed by atoms with Crippen LogP contribution in [0.5, 0.6) is 0 Å². The second-order valence-electron chi connectivity index (χ2n) is 2.28. The van der Waals surface area contributed by atoms with E-state index in [0.717, 1.165) is 32.0 Å². The number of nitrogens with one attached hydrogen (secondary N) is 1. The van der Waals surface area contributed by atoms with E-state index in [9.17, 15) is 0 Å². The van der Waals surface area contributed by atoms with Crippen LogP contribution in [0.2, 0.25) is 0 Å². The van der Waals surface area contributed by atoms with E-state index in [-0.39, 0.29) is 0 Å². The molecular weight excluding hydrogens is 138 g/mol. The second-order valence-corrected chi connectivity index (χ2v) is 2.28. The van der Waals surface area contributed by atoms with Crippen LogP contribution >= 0.6 is 0 Å². The van der Waals surface area contributed by atoms with Gasteiger partial charge in [-0.25, -0.2) is 4.99 Å². The van der Waals surface area contributed by atoms with E-state index < -0.39 is 0 Å². The Morgan fingerprint density at radius 1 is 1.55 bits per heavy atom. The van der Waals surface area contributed by atoms with Gasteiger partial charge in [0.15, 0.2) is 0 Å². The number of hydrogen-bond acceptors (Lipinski definition) is 1. The van der Waals surface area contributed by atoms with Crippen LogP contribution < -0.4 is 5.73 Å². The fourth-order valence-electron chi connectivity index (χ4n) is 0.742. The van der Waals surface area contributed by atoms with Crippen molar-refractivity contribution >= 4 is 12.2 Å². The molecular formula is C8H15N3. The largest absolute Gasteiger partial charge is 0.387 e. The molecule has 11 heavy (non-hydrogen) atoms. The first-order valence-corrected chi connectivity index (χ1v) is 3.73. The van der Waals surface area contributed by atoms with Crippen LogP contribution in [0.25, 0.3) is 0 Å². The fourth-order valence-corrected chi connectivity index (χ4v) is 0.742. The van der Waals surface area contributed by atoms with Gasteiger partial charge in [-0.3, -0.25) is 5.41 Å². The molecule has 0 aromatic heterocycles. The highest BCUT2D eigenvalue weighted by molar-refractivity contribution is 5.86. The van der Waals surface area contributed by atoms with Crippen LogP contribution in [0.1, 0.15) is 25.7 Å². The highest BCUT2D eigenvalue weighted by Crippen LogP contribution is 1.99. The van der Waals surface area contributed by atoms with Gasteiger partial charge in [0.1, 0.15) is 12.2 Å². The maximum atomic E-state index is 6.64. The highest BCUT2D eigenvalue weighted by Gasteiger charge is 1.90. The lowest BCUT2D eigenvalue weighted by Gasteiger charge is -1.96. The predicted molar refractivity (Wildman–Crippen MR) is 49.1 cm³/mol. The van der Waals surface area contributed by atoms with Gasteiger partial charge in [-0.15, -0.1) is 6.58 Å². The van der Waals surface area contributed by atoms with Gasteiger partial charge in [0, 0.05) is 6.42 Å². The summed E-state index contributed by atoms with van der Waals surface area (Å²) in [7, 11) is 0. The van der Waals surface area contributed by atoms with Crippen molar-refractivity contribution in [2.75, 3.05) is 0 Å². The Balaban J connectivity index is 3.30. The van der Waals surface area contributed by atoms with Crippen LogP contribution in [-0.4, -0.2) is 12.2 Å². The molecule has 0 spiro atoms. The van der Waals surface area contributed by atoms with Crippen molar-refractivity contribution in [2.24, 2.45) is 10.7 Å². The monoisotopic (exact) mass is 153 g/mol. The SMILES string of the molecule is C=CCCCCC(N)=NC=N. The number of aliphatic imine (C=N–C) groups is 1. The Labute approximate surface area is 67.5 Å². The molecule has 3 heteroatoms. The number of rotatable bonds is 6. The summed E-state index contributed by atoms with van der Waals surface area (Å²) in [4.78, 5) is 3.63. The number of nitrogens with zero attached hydrogens (tertiary/aromatic N) is 1.